The third-order valence-electron chi connectivity index (χ3n) is 7.73. The summed E-state index contributed by atoms with van der Waals surface area (Å²) in [5.41, 5.74) is -1.96. The van der Waals surface area contributed by atoms with E-state index in [1.807, 2.05) is 0 Å². The highest BCUT2D eigenvalue weighted by atomic mass is 16.4. The smallest absolute Gasteiger partial charge is 0.306 e. The highest BCUT2D eigenvalue weighted by Gasteiger charge is 2.40. The van der Waals surface area contributed by atoms with Crippen LogP contribution in [0.2, 0.25) is 0 Å². The van der Waals surface area contributed by atoms with Crippen molar-refractivity contribution in [2.45, 2.75) is 192 Å². The number of unbranched alkanes of at least 4 members (excludes halogenated alkanes) is 21. The van der Waals surface area contributed by atoms with Crippen molar-refractivity contribution < 1.29 is 24.9 Å². The molecule has 5 nitrogen and oxygen atoms in total. The van der Waals surface area contributed by atoms with Gasteiger partial charge in [0.1, 0.15) is 11.7 Å². The molecule has 2 atom stereocenters. The van der Waals surface area contributed by atoms with E-state index >= 15 is 0 Å². The van der Waals surface area contributed by atoms with Crippen molar-refractivity contribution in [1.82, 2.24) is 0 Å². The summed E-state index contributed by atoms with van der Waals surface area (Å²) in [6, 6.07) is 0. The van der Waals surface area contributed by atoms with E-state index in [1.165, 1.54) is 103 Å². The van der Waals surface area contributed by atoms with E-state index in [0.29, 0.717) is 12.8 Å². The van der Waals surface area contributed by atoms with Gasteiger partial charge >= 0.3 is 5.97 Å². The van der Waals surface area contributed by atoms with E-state index in [-0.39, 0.29) is 6.42 Å². The molecule has 0 aliphatic heterocycles. The Morgan fingerprint density at radius 2 is 0.892 bits per heavy atom. The molecule has 0 aliphatic rings. The third kappa shape index (κ3) is 21.7. The molecule has 0 bridgehead atoms. The summed E-state index contributed by atoms with van der Waals surface area (Å²) in [6.45, 7) is 4.47. The van der Waals surface area contributed by atoms with Crippen LogP contribution in [0, 0.1) is 0 Å². The largest absolute Gasteiger partial charge is 0.481 e. The molecule has 0 saturated heterocycles. The standard InChI is InChI=1S/C32H62O5/c1-3-5-7-9-11-13-15-16-18-20-22-24-26-29(33)31(36)32(37,28-30(34)35)27-25-23-21-19-17-14-12-10-8-6-4-2/h29,33,37H,3-28H2,1-2H3,(H,34,35). The van der Waals surface area contributed by atoms with E-state index in [4.69, 9.17) is 0 Å². The van der Waals surface area contributed by atoms with Gasteiger partial charge in [-0.15, -0.1) is 0 Å². The predicted molar refractivity (Wildman–Crippen MR) is 155 cm³/mol. The average Bonchev–Trinajstić information content (AvgIpc) is 2.86. The first-order valence-corrected chi connectivity index (χ1v) is 16.0. The van der Waals surface area contributed by atoms with Crippen LogP contribution >= 0.6 is 0 Å². The SMILES string of the molecule is CCCCCCCCCCCCCCC(O)C(=O)C(O)(CCCCCCCCCCCCC)CC(=O)O. The summed E-state index contributed by atoms with van der Waals surface area (Å²) in [5.74, 6) is -1.90. The Labute approximate surface area is 229 Å². The van der Waals surface area contributed by atoms with Gasteiger partial charge in [0, 0.05) is 0 Å². The van der Waals surface area contributed by atoms with Gasteiger partial charge in [-0.2, -0.15) is 0 Å². The van der Waals surface area contributed by atoms with Crippen molar-refractivity contribution in [1.29, 1.82) is 0 Å². The Hall–Kier alpha value is -0.940. The van der Waals surface area contributed by atoms with Crippen molar-refractivity contribution in [2.24, 2.45) is 0 Å². The fraction of sp³-hybridized carbons (Fsp3) is 0.938. The molecular weight excluding hydrogens is 464 g/mol. The quantitative estimate of drug-likeness (QED) is 0.0846. The Balaban J connectivity index is 4.03. The zero-order chi connectivity index (χ0) is 27.6. The fourth-order valence-electron chi connectivity index (χ4n) is 5.25. The molecule has 0 radical (unpaired) electrons. The Bertz CT molecular complexity index is 535. The average molecular weight is 527 g/mol. The van der Waals surface area contributed by atoms with Crippen LogP contribution in [0.5, 0.6) is 0 Å². The number of Topliss-reactive ketones (excluding diaryl/α,β-unsaturated/α-hetero) is 1. The summed E-state index contributed by atoms with van der Waals surface area (Å²) in [6.07, 6.45) is 25.7. The predicted octanol–water partition coefficient (Wildman–Crippen LogP) is 8.91. The van der Waals surface area contributed by atoms with Gasteiger partial charge in [-0.3, -0.25) is 9.59 Å². The van der Waals surface area contributed by atoms with Gasteiger partial charge in [0.25, 0.3) is 0 Å². The number of carboxylic acids is 1. The molecule has 5 heteroatoms. The van der Waals surface area contributed by atoms with E-state index < -0.39 is 29.9 Å². The molecule has 3 N–H and O–H groups in total. The van der Waals surface area contributed by atoms with Gasteiger partial charge in [-0.25, -0.2) is 0 Å². The first-order valence-electron chi connectivity index (χ1n) is 16.0. The molecule has 0 aromatic carbocycles. The number of carbonyl (C=O) groups excluding carboxylic acids is 1. The molecule has 220 valence electrons. The lowest BCUT2D eigenvalue weighted by atomic mass is 9.84. The first-order chi connectivity index (χ1) is 17.9. The van der Waals surface area contributed by atoms with Crippen molar-refractivity contribution in [3.8, 4) is 0 Å². The van der Waals surface area contributed by atoms with E-state index in [9.17, 15) is 24.9 Å². The topological polar surface area (TPSA) is 94.8 Å². The lowest BCUT2D eigenvalue weighted by molar-refractivity contribution is -0.157. The highest BCUT2D eigenvalue weighted by Crippen LogP contribution is 2.25. The zero-order valence-electron chi connectivity index (χ0n) is 24.6. The van der Waals surface area contributed by atoms with E-state index in [0.717, 1.165) is 38.5 Å². The van der Waals surface area contributed by atoms with Gasteiger partial charge in [-0.05, 0) is 12.8 Å². The summed E-state index contributed by atoms with van der Waals surface area (Å²) in [4.78, 5) is 24.1. The minimum absolute atomic E-state index is 0.116. The van der Waals surface area contributed by atoms with Gasteiger partial charge in [0.05, 0.1) is 6.42 Å². The number of aliphatic hydroxyl groups is 2. The third-order valence-corrected chi connectivity index (χ3v) is 7.73. The molecule has 0 amide bonds. The Morgan fingerprint density at radius 3 is 1.24 bits per heavy atom. The second-order valence-corrected chi connectivity index (χ2v) is 11.4. The zero-order valence-corrected chi connectivity index (χ0v) is 24.6. The number of rotatable bonds is 29. The van der Waals surface area contributed by atoms with Crippen molar-refractivity contribution >= 4 is 11.8 Å². The minimum atomic E-state index is -1.96. The number of carbonyl (C=O) groups is 2. The van der Waals surface area contributed by atoms with Crippen LogP contribution in [0.15, 0.2) is 0 Å². The Morgan fingerprint density at radius 1 is 0.568 bits per heavy atom. The van der Waals surface area contributed by atoms with Crippen LogP contribution in [0.25, 0.3) is 0 Å². The maximum absolute atomic E-state index is 12.8. The van der Waals surface area contributed by atoms with Crippen LogP contribution in [-0.4, -0.2) is 38.8 Å². The normalized spacial score (nSPS) is 13.9. The molecule has 37 heavy (non-hydrogen) atoms. The minimum Gasteiger partial charge on any atom is -0.481 e. The van der Waals surface area contributed by atoms with Crippen molar-refractivity contribution in [2.75, 3.05) is 0 Å². The summed E-state index contributed by atoms with van der Waals surface area (Å²) >= 11 is 0. The molecule has 0 aromatic heterocycles. The van der Waals surface area contributed by atoms with Gasteiger partial charge in [-0.1, -0.05) is 162 Å². The molecule has 0 fully saturated rings. The van der Waals surface area contributed by atoms with Gasteiger partial charge in [0.2, 0.25) is 0 Å². The number of hydrogen-bond acceptors (Lipinski definition) is 4. The second-order valence-electron chi connectivity index (χ2n) is 11.4. The summed E-state index contributed by atoms with van der Waals surface area (Å²) in [7, 11) is 0. The number of carboxylic acid groups (broad SMARTS) is 1. The number of aliphatic hydroxyl groups excluding tert-OH is 1. The highest BCUT2D eigenvalue weighted by molar-refractivity contribution is 5.93. The molecule has 0 spiro atoms. The molecule has 0 heterocycles. The number of ketones is 1. The van der Waals surface area contributed by atoms with E-state index in [1.54, 1.807) is 0 Å². The van der Waals surface area contributed by atoms with Gasteiger partial charge in [0.15, 0.2) is 5.78 Å². The molecule has 0 saturated carbocycles. The Kier molecular flexibility index (Phi) is 24.7. The fourth-order valence-corrected chi connectivity index (χ4v) is 5.25. The van der Waals surface area contributed by atoms with E-state index in [2.05, 4.69) is 13.8 Å². The van der Waals surface area contributed by atoms with Crippen molar-refractivity contribution in [3.63, 3.8) is 0 Å². The van der Waals surface area contributed by atoms with Crippen LogP contribution in [0.1, 0.15) is 181 Å². The lowest BCUT2D eigenvalue weighted by Gasteiger charge is -2.27. The lowest BCUT2D eigenvalue weighted by Crippen LogP contribution is -2.46. The first kappa shape index (κ1) is 36.1. The monoisotopic (exact) mass is 526 g/mol. The molecule has 2 unspecified atom stereocenters. The molecule has 0 aliphatic carbocycles. The van der Waals surface area contributed by atoms with Crippen LogP contribution in [0.3, 0.4) is 0 Å². The molecular formula is C32H62O5. The summed E-state index contributed by atoms with van der Waals surface area (Å²) < 4.78 is 0. The van der Waals surface area contributed by atoms with Gasteiger partial charge < -0.3 is 15.3 Å². The van der Waals surface area contributed by atoms with Crippen LogP contribution in [-0.2, 0) is 9.59 Å². The molecule has 0 rings (SSSR count). The molecule has 0 aromatic rings. The maximum atomic E-state index is 12.8. The second kappa shape index (κ2) is 25.3. The summed E-state index contributed by atoms with van der Waals surface area (Å²) in [5, 5.41) is 30.5. The number of hydrogen-bond donors (Lipinski definition) is 3. The van der Waals surface area contributed by atoms with Crippen LogP contribution < -0.4 is 0 Å². The maximum Gasteiger partial charge on any atom is 0.306 e. The van der Waals surface area contributed by atoms with Crippen LogP contribution in [0.4, 0.5) is 0 Å². The van der Waals surface area contributed by atoms with Crippen molar-refractivity contribution in [3.05, 3.63) is 0 Å². The number of aliphatic carboxylic acids is 1.